The van der Waals surface area contributed by atoms with Crippen LogP contribution < -0.4 is 0 Å². The van der Waals surface area contributed by atoms with E-state index in [1.807, 2.05) is 30.3 Å². The molecular formula is C21H23NO7. The Balaban J connectivity index is 1.38. The van der Waals surface area contributed by atoms with Crippen LogP contribution in [0.4, 0.5) is 5.69 Å². The summed E-state index contributed by atoms with van der Waals surface area (Å²) in [7, 11) is 0. The lowest BCUT2D eigenvalue weighted by Crippen LogP contribution is -2.32. The Kier molecular flexibility index (Phi) is 7.29. The lowest BCUT2D eigenvalue weighted by Gasteiger charge is -2.19. The van der Waals surface area contributed by atoms with Crippen LogP contribution >= 0.6 is 0 Å². The van der Waals surface area contributed by atoms with E-state index in [4.69, 9.17) is 14.2 Å². The minimum absolute atomic E-state index is 0.108. The number of aliphatic hydroxyl groups is 1. The zero-order valence-electron chi connectivity index (χ0n) is 15.8. The molecule has 8 heteroatoms. The van der Waals surface area contributed by atoms with Crippen molar-refractivity contribution in [3.63, 3.8) is 0 Å². The molecule has 1 aliphatic rings. The van der Waals surface area contributed by atoms with Gasteiger partial charge in [0.05, 0.1) is 35.9 Å². The van der Waals surface area contributed by atoms with Gasteiger partial charge in [0.15, 0.2) is 0 Å². The standard InChI is InChI=1S/C21H23NO7/c23-19(14-28-21(24)16-6-8-17(9-7-16)22(25)26)20-11-10-18(29-20)13-27-12-15-4-2-1-3-5-15/h1-9,18-20,23H,10-14H2/t18-,19+,20-/m1/s1. The van der Waals surface area contributed by atoms with E-state index < -0.39 is 23.1 Å². The zero-order chi connectivity index (χ0) is 20.6. The number of hydrogen-bond acceptors (Lipinski definition) is 7. The minimum Gasteiger partial charge on any atom is -0.459 e. The Morgan fingerprint density at radius 2 is 1.90 bits per heavy atom. The van der Waals surface area contributed by atoms with Crippen molar-refractivity contribution in [1.82, 2.24) is 0 Å². The van der Waals surface area contributed by atoms with Gasteiger partial charge < -0.3 is 19.3 Å². The number of rotatable bonds is 9. The van der Waals surface area contributed by atoms with Gasteiger partial charge >= 0.3 is 5.97 Å². The number of carbonyl (C=O) groups excluding carboxylic acids is 1. The molecular weight excluding hydrogens is 378 g/mol. The van der Waals surface area contributed by atoms with Gasteiger partial charge in [-0.15, -0.1) is 0 Å². The maximum Gasteiger partial charge on any atom is 0.338 e. The van der Waals surface area contributed by atoms with E-state index in [0.29, 0.717) is 19.6 Å². The Morgan fingerprint density at radius 3 is 2.59 bits per heavy atom. The van der Waals surface area contributed by atoms with E-state index in [1.54, 1.807) is 0 Å². The van der Waals surface area contributed by atoms with Gasteiger partial charge in [-0.25, -0.2) is 4.79 Å². The van der Waals surface area contributed by atoms with Crippen LogP contribution in [0.25, 0.3) is 0 Å². The van der Waals surface area contributed by atoms with E-state index in [0.717, 1.165) is 12.0 Å². The molecule has 1 N–H and O–H groups in total. The van der Waals surface area contributed by atoms with Gasteiger partial charge in [0, 0.05) is 12.1 Å². The molecule has 3 rings (SSSR count). The number of esters is 1. The molecule has 1 aliphatic heterocycles. The highest BCUT2D eigenvalue weighted by molar-refractivity contribution is 5.89. The molecule has 8 nitrogen and oxygen atoms in total. The van der Waals surface area contributed by atoms with Crippen molar-refractivity contribution >= 4 is 11.7 Å². The van der Waals surface area contributed by atoms with Crippen LogP contribution in [-0.4, -0.2) is 47.5 Å². The van der Waals surface area contributed by atoms with E-state index in [-0.39, 0.29) is 24.0 Å². The van der Waals surface area contributed by atoms with Gasteiger partial charge in [0.2, 0.25) is 0 Å². The van der Waals surface area contributed by atoms with Gasteiger partial charge in [-0.3, -0.25) is 10.1 Å². The van der Waals surface area contributed by atoms with E-state index in [9.17, 15) is 20.0 Å². The van der Waals surface area contributed by atoms with Crippen LogP contribution in [0.2, 0.25) is 0 Å². The number of ether oxygens (including phenoxy) is 3. The zero-order valence-corrected chi connectivity index (χ0v) is 15.8. The number of benzene rings is 2. The summed E-state index contributed by atoms with van der Waals surface area (Å²) in [6.45, 7) is 0.722. The molecule has 0 aromatic heterocycles. The smallest absolute Gasteiger partial charge is 0.338 e. The summed E-state index contributed by atoms with van der Waals surface area (Å²) in [5.41, 5.74) is 1.16. The predicted octanol–water partition coefficient (Wildman–Crippen LogP) is 2.88. The Bertz CT molecular complexity index is 810. The van der Waals surface area contributed by atoms with Gasteiger partial charge in [-0.1, -0.05) is 30.3 Å². The third-order valence-electron chi connectivity index (χ3n) is 4.68. The van der Waals surface area contributed by atoms with Gasteiger partial charge in [0.25, 0.3) is 5.69 Å². The summed E-state index contributed by atoms with van der Waals surface area (Å²) in [4.78, 5) is 22.1. The number of non-ortho nitro benzene ring substituents is 1. The van der Waals surface area contributed by atoms with Crippen LogP contribution in [-0.2, 0) is 20.8 Å². The first-order valence-electron chi connectivity index (χ1n) is 9.39. The second-order valence-corrected chi connectivity index (χ2v) is 6.84. The maximum absolute atomic E-state index is 12.0. The number of nitro benzene ring substituents is 1. The maximum atomic E-state index is 12.0. The van der Waals surface area contributed by atoms with Crippen LogP contribution in [0.15, 0.2) is 54.6 Å². The predicted molar refractivity (Wildman–Crippen MR) is 103 cm³/mol. The highest BCUT2D eigenvalue weighted by atomic mass is 16.6. The first kappa shape index (κ1) is 20.9. The van der Waals surface area contributed by atoms with Crippen molar-refractivity contribution in [3.8, 4) is 0 Å². The quantitative estimate of drug-likeness (QED) is 0.391. The van der Waals surface area contributed by atoms with Crippen molar-refractivity contribution in [2.75, 3.05) is 13.2 Å². The molecule has 0 bridgehead atoms. The van der Waals surface area contributed by atoms with E-state index in [1.165, 1.54) is 24.3 Å². The molecule has 0 amide bonds. The normalized spacial score (nSPS) is 19.6. The number of hydrogen-bond donors (Lipinski definition) is 1. The van der Waals surface area contributed by atoms with Crippen LogP contribution in [0.1, 0.15) is 28.8 Å². The topological polar surface area (TPSA) is 108 Å². The first-order valence-corrected chi connectivity index (χ1v) is 9.39. The molecule has 2 aromatic carbocycles. The monoisotopic (exact) mass is 401 g/mol. The van der Waals surface area contributed by atoms with Crippen LogP contribution in [0, 0.1) is 10.1 Å². The molecule has 1 saturated heterocycles. The fourth-order valence-electron chi connectivity index (χ4n) is 3.09. The van der Waals surface area contributed by atoms with Crippen molar-refractivity contribution < 1.29 is 29.0 Å². The van der Waals surface area contributed by atoms with Crippen molar-refractivity contribution in [1.29, 1.82) is 0 Å². The molecule has 2 aromatic rings. The summed E-state index contributed by atoms with van der Waals surface area (Å²) in [5.74, 6) is -0.653. The third kappa shape index (κ3) is 6.08. The van der Waals surface area contributed by atoms with Crippen LogP contribution in [0.3, 0.4) is 0 Å². The second-order valence-electron chi connectivity index (χ2n) is 6.84. The third-order valence-corrected chi connectivity index (χ3v) is 4.68. The fraction of sp³-hybridized carbons (Fsp3) is 0.381. The number of carbonyl (C=O) groups is 1. The van der Waals surface area contributed by atoms with Crippen molar-refractivity contribution in [2.45, 2.75) is 37.8 Å². The summed E-state index contributed by atoms with van der Waals surface area (Å²) in [6, 6.07) is 14.9. The molecule has 0 saturated carbocycles. The van der Waals surface area contributed by atoms with Gasteiger partial charge in [-0.2, -0.15) is 0 Å². The Morgan fingerprint density at radius 1 is 1.17 bits per heavy atom. The number of aliphatic hydroxyl groups excluding tert-OH is 1. The second kappa shape index (κ2) is 10.1. The minimum atomic E-state index is -0.948. The molecule has 0 unspecified atom stereocenters. The molecule has 29 heavy (non-hydrogen) atoms. The molecule has 0 aliphatic carbocycles. The summed E-state index contributed by atoms with van der Waals surface area (Å²) < 4.78 is 16.6. The molecule has 1 heterocycles. The number of nitro groups is 1. The average molecular weight is 401 g/mol. The highest BCUT2D eigenvalue weighted by Crippen LogP contribution is 2.23. The van der Waals surface area contributed by atoms with Crippen molar-refractivity contribution in [2.24, 2.45) is 0 Å². The Hall–Kier alpha value is -2.81. The summed E-state index contributed by atoms with van der Waals surface area (Å²) in [5, 5.41) is 20.9. The largest absolute Gasteiger partial charge is 0.459 e. The molecule has 0 spiro atoms. The van der Waals surface area contributed by atoms with E-state index in [2.05, 4.69) is 0 Å². The molecule has 0 radical (unpaired) electrons. The fourth-order valence-corrected chi connectivity index (χ4v) is 3.09. The van der Waals surface area contributed by atoms with E-state index >= 15 is 0 Å². The lowest BCUT2D eigenvalue weighted by atomic mass is 10.1. The average Bonchev–Trinajstić information content (AvgIpc) is 3.21. The lowest BCUT2D eigenvalue weighted by molar-refractivity contribution is -0.384. The van der Waals surface area contributed by atoms with Crippen LogP contribution in [0.5, 0.6) is 0 Å². The molecule has 1 fully saturated rings. The Labute approximate surface area is 168 Å². The molecule has 154 valence electrons. The SMILES string of the molecule is O=C(OC[C@H](O)[C@H]1CC[C@H](COCc2ccccc2)O1)c1ccc([N+](=O)[O-])cc1. The van der Waals surface area contributed by atoms with Gasteiger partial charge in [0.1, 0.15) is 12.7 Å². The summed E-state index contributed by atoms with van der Waals surface area (Å²) >= 11 is 0. The molecule has 3 atom stereocenters. The van der Waals surface area contributed by atoms with Crippen molar-refractivity contribution in [3.05, 3.63) is 75.8 Å². The first-order chi connectivity index (χ1) is 14.0. The summed E-state index contributed by atoms with van der Waals surface area (Å²) in [6.07, 6.45) is -0.0764. The van der Waals surface area contributed by atoms with Gasteiger partial charge in [-0.05, 0) is 30.5 Å². The highest BCUT2D eigenvalue weighted by Gasteiger charge is 2.31. The number of nitrogens with zero attached hydrogens (tertiary/aromatic N) is 1.